The summed E-state index contributed by atoms with van der Waals surface area (Å²) in [5, 5.41) is 0. The van der Waals surface area contributed by atoms with Gasteiger partial charge in [-0.1, -0.05) is 18.2 Å². The molecule has 3 fully saturated rings. The van der Waals surface area contributed by atoms with E-state index in [1.165, 1.54) is 0 Å². The highest BCUT2D eigenvalue weighted by Gasteiger charge is 2.60. The summed E-state index contributed by atoms with van der Waals surface area (Å²) in [4.78, 5) is 23.7. The van der Waals surface area contributed by atoms with Crippen molar-refractivity contribution in [2.75, 3.05) is 6.61 Å². The lowest BCUT2D eigenvalue weighted by Gasteiger charge is -2.27. The lowest BCUT2D eigenvalue weighted by atomic mass is 10.1. The smallest absolute Gasteiger partial charge is 0.453 e. The Morgan fingerprint density at radius 1 is 1.16 bits per heavy atom. The number of benzene rings is 1. The number of hydrogen-bond donors (Lipinski definition) is 0. The molecule has 0 aliphatic carbocycles. The van der Waals surface area contributed by atoms with Crippen LogP contribution in [0, 0.1) is 0 Å². The second-order valence-electron chi connectivity index (χ2n) is 6.52. The lowest BCUT2D eigenvalue weighted by molar-refractivity contribution is -0.223. The van der Waals surface area contributed by atoms with E-state index in [0.717, 1.165) is 0 Å². The fraction of sp³-hybridized carbons (Fsp3) is 0.529. The van der Waals surface area contributed by atoms with Crippen molar-refractivity contribution in [3.8, 4) is 0 Å². The van der Waals surface area contributed by atoms with Gasteiger partial charge in [0.1, 0.15) is 12.7 Å². The van der Waals surface area contributed by atoms with Gasteiger partial charge in [0.05, 0.1) is 5.56 Å². The van der Waals surface area contributed by atoms with Crippen molar-refractivity contribution in [1.82, 2.24) is 0 Å². The predicted octanol–water partition coefficient (Wildman–Crippen LogP) is 1.62. The number of esters is 1. The van der Waals surface area contributed by atoms with Gasteiger partial charge in [-0.15, -0.1) is 0 Å². The van der Waals surface area contributed by atoms with E-state index in [1.54, 1.807) is 44.2 Å². The Labute approximate surface area is 143 Å². The van der Waals surface area contributed by atoms with Crippen LogP contribution in [-0.2, 0) is 28.4 Å². The third kappa shape index (κ3) is 3.08. The van der Waals surface area contributed by atoms with Gasteiger partial charge in [0, 0.05) is 0 Å². The molecule has 0 spiro atoms. The summed E-state index contributed by atoms with van der Waals surface area (Å²) in [5.74, 6) is -1.38. The summed E-state index contributed by atoms with van der Waals surface area (Å²) in [7, 11) is 0. The van der Waals surface area contributed by atoms with Crippen LogP contribution in [0.2, 0.25) is 0 Å². The summed E-state index contributed by atoms with van der Waals surface area (Å²) in [6, 6.07) is 8.60. The fourth-order valence-corrected chi connectivity index (χ4v) is 3.21. The monoisotopic (exact) mass is 350 g/mol. The van der Waals surface area contributed by atoms with E-state index in [1.807, 2.05) is 0 Å². The van der Waals surface area contributed by atoms with E-state index in [-0.39, 0.29) is 6.61 Å². The molecule has 0 radical (unpaired) electrons. The number of rotatable bonds is 3. The molecule has 134 valence electrons. The van der Waals surface area contributed by atoms with E-state index in [2.05, 4.69) is 0 Å². The maximum atomic E-state index is 12.5. The zero-order valence-corrected chi connectivity index (χ0v) is 13.7. The first-order chi connectivity index (χ1) is 11.9. The molecule has 0 unspecified atom stereocenters. The third-order valence-corrected chi connectivity index (χ3v) is 4.26. The fourth-order valence-electron chi connectivity index (χ4n) is 3.21. The molecular weight excluding hydrogens is 332 g/mol. The Morgan fingerprint density at radius 2 is 1.92 bits per heavy atom. The molecular formula is C17H18O8. The van der Waals surface area contributed by atoms with Crippen molar-refractivity contribution in [2.45, 2.75) is 50.3 Å². The van der Waals surface area contributed by atoms with Crippen molar-refractivity contribution < 1.29 is 38.0 Å². The number of carbonyl (C=O) groups is 2. The Bertz CT molecular complexity index is 672. The highest BCUT2D eigenvalue weighted by atomic mass is 16.9. The van der Waals surface area contributed by atoms with Gasteiger partial charge in [-0.2, -0.15) is 0 Å². The summed E-state index contributed by atoms with van der Waals surface area (Å²) in [5.41, 5.74) is 0.405. The molecule has 0 aromatic heterocycles. The summed E-state index contributed by atoms with van der Waals surface area (Å²) in [6.45, 7) is 3.52. The van der Waals surface area contributed by atoms with Gasteiger partial charge in [0.15, 0.2) is 30.4 Å². The lowest BCUT2D eigenvalue weighted by Crippen LogP contribution is -2.44. The van der Waals surface area contributed by atoms with Crippen LogP contribution in [0.4, 0.5) is 4.79 Å². The SMILES string of the molecule is CC1(C)O[C@H]2O[C@@H]([C@@H]3COC(=O)O3)[C@@H](OC(=O)c3ccccc3)[C@@H]2O1. The second-order valence-corrected chi connectivity index (χ2v) is 6.52. The van der Waals surface area contributed by atoms with Gasteiger partial charge < -0.3 is 28.4 Å². The van der Waals surface area contributed by atoms with Crippen LogP contribution in [0.1, 0.15) is 24.2 Å². The van der Waals surface area contributed by atoms with Gasteiger partial charge in [0.25, 0.3) is 0 Å². The summed E-state index contributed by atoms with van der Waals surface area (Å²) >= 11 is 0. The average Bonchev–Trinajstić information content (AvgIpc) is 3.21. The zero-order chi connectivity index (χ0) is 17.6. The quantitative estimate of drug-likeness (QED) is 0.760. The maximum Gasteiger partial charge on any atom is 0.508 e. The molecule has 8 heteroatoms. The van der Waals surface area contributed by atoms with Crippen molar-refractivity contribution in [3.63, 3.8) is 0 Å². The van der Waals surface area contributed by atoms with E-state index >= 15 is 0 Å². The molecule has 0 N–H and O–H groups in total. The number of cyclic esters (lactones) is 2. The van der Waals surface area contributed by atoms with Crippen LogP contribution >= 0.6 is 0 Å². The average molecular weight is 350 g/mol. The molecule has 3 aliphatic heterocycles. The first kappa shape index (κ1) is 16.3. The molecule has 0 bridgehead atoms. The Balaban J connectivity index is 1.55. The Kier molecular flexibility index (Phi) is 3.90. The normalized spacial score (nSPS) is 35.8. The van der Waals surface area contributed by atoms with E-state index < -0.39 is 48.6 Å². The van der Waals surface area contributed by atoms with Gasteiger partial charge in [0.2, 0.25) is 0 Å². The molecule has 3 saturated heterocycles. The van der Waals surface area contributed by atoms with Crippen LogP contribution in [0.5, 0.6) is 0 Å². The standard InChI is InChI=1S/C17H18O8/c1-17(2)24-13-12(22-14(18)9-6-4-3-5-7-9)11(23-15(13)25-17)10-8-20-16(19)21-10/h3-7,10-13,15H,8H2,1-2H3/t10-,11-,12+,13-,15+/m0/s1. The molecule has 3 aliphatic rings. The summed E-state index contributed by atoms with van der Waals surface area (Å²) in [6.07, 6.45) is -4.33. The maximum absolute atomic E-state index is 12.5. The number of hydrogen-bond acceptors (Lipinski definition) is 8. The minimum Gasteiger partial charge on any atom is -0.453 e. The van der Waals surface area contributed by atoms with Crippen molar-refractivity contribution in [1.29, 1.82) is 0 Å². The molecule has 25 heavy (non-hydrogen) atoms. The van der Waals surface area contributed by atoms with Gasteiger partial charge in [-0.25, -0.2) is 9.59 Å². The van der Waals surface area contributed by atoms with E-state index in [0.29, 0.717) is 5.56 Å². The molecule has 4 rings (SSSR count). The third-order valence-electron chi connectivity index (χ3n) is 4.26. The first-order valence-electron chi connectivity index (χ1n) is 8.03. The molecule has 1 aromatic rings. The highest BCUT2D eigenvalue weighted by Crippen LogP contribution is 2.41. The zero-order valence-electron chi connectivity index (χ0n) is 13.7. The topological polar surface area (TPSA) is 89.5 Å². The van der Waals surface area contributed by atoms with Crippen LogP contribution in [-0.4, -0.2) is 55.2 Å². The highest BCUT2D eigenvalue weighted by molar-refractivity contribution is 5.89. The number of carbonyl (C=O) groups excluding carboxylic acids is 2. The summed E-state index contributed by atoms with van der Waals surface area (Å²) < 4.78 is 32.9. The van der Waals surface area contributed by atoms with Crippen molar-refractivity contribution in [2.24, 2.45) is 0 Å². The van der Waals surface area contributed by atoms with Crippen LogP contribution in [0.15, 0.2) is 30.3 Å². The molecule has 0 amide bonds. The largest absolute Gasteiger partial charge is 0.508 e. The first-order valence-corrected chi connectivity index (χ1v) is 8.03. The molecule has 0 saturated carbocycles. The Morgan fingerprint density at radius 3 is 2.60 bits per heavy atom. The molecule has 1 aromatic carbocycles. The van der Waals surface area contributed by atoms with Gasteiger partial charge in [-0.3, -0.25) is 0 Å². The molecule has 8 nitrogen and oxygen atoms in total. The van der Waals surface area contributed by atoms with Gasteiger partial charge >= 0.3 is 12.1 Å². The molecule has 3 heterocycles. The molecule has 5 atom stereocenters. The van der Waals surface area contributed by atoms with Crippen molar-refractivity contribution in [3.05, 3.63) is 35.9 Å². The van der Waals surface area contributed by atoms with Gasteiger partial charge in [-0.05, 0) is 26.0 Å². The van der Waals surface area contributed by atoms with Crippen molar-refractivity contribution >= 4 is 12.1 Å². The number of ether oxygens (including phenoxy) is 6. The minimum absolute atomic E-state index is 0.0196. The minimum atomic E-state index is -0.861. The van der Waals surface area contributed by atoms with E-state index in [4.69, 9.17) is 28.4 Å². The van der Waals surface area contributed by atoms with E-state index in [9.17, 15) is 9.59 Å². The van der Waals surface area contributed by atoms with Crippen LogP contribution in [0.25, 0.3) is 0 Å². The predicted molar refractivity (Wildman–Crippen MR) is 80.6 cm³/mol. The second kappa shape index (κ2) is 5.98. The number of fused-ring (bicyclic) bond motifs is 1. The van der Waals surface area contributed by atoms with Crippen LogP contribution < -0.4 is 0 Å². The Hall–Kier alpha value is -2.16. The van der Waals surface area contributed by atoms with Crippen LogP contribution in [0.3, 0.4) is 0 Å².